The van der Waals surface area contributed by atoms with E-state index in [2.05, 4.69) is 5.10 Å². The molecule has 1 aromatic heterocycles. The summed E-state index contributed by atoms with van der Waals surface area (Å²) in [6.07, 6.45) is 0.480. The molecule has 1 rings (SSSR count). The van der Waals surface area contributed by atoms with E-state index in [1.165, 1.54) is 11.7 Å². The average Bonchev–Trinajstić information content (AvgIpc) is 2.23. The lowest BCUT2D eigenvalue weighted by atomic mass is 10.3. The van der Waals surface area contributed by atoms with E-state index < -0.39 is 9.05 Å². The van der Waals surface area contributed by atoms with E-state index in [1.807, 2.05) is 0 Å². The van der Waals surface area contributed by atoms with Crippen LogP contribution in [0.3, 0.4) is 0 Å². The summed E-state index contributed by atoms with van der Waals surface area (Å²) in [5.74, 6) is 0. The summed E-state index contributed by atoms with van der Waals surface area (Å²) in [4.78, 5) is 0. The van der Waals surface area contributed by atoms with Gasteiger partial charge in [-0.3, -0.25) is 4.68 Å². The zero-order valence-corrected chi connectivity index (χ0v) is 9.41. The summed E-state index contributed by atoms with van der Waals surface area (Å²) in [5.41, 5.74) is 0.458. The molecule has 0 aromatic carbocycles. The summed E-state index contributed by atoms with van der Waals surface area (Å²) in [5, 5.41) is 3.93. The molecular weight excluding hydrogens is 235 g/mol. The van der Waals surface area contributed by atoms with Crippen molar-refractivity contribution in [1.29, 1.82) is 0 Å². The van der Waals surface area contributed by atoms with Crippen LogP contribution in [0.25, 0.3) is 0 Å². The molecule has 1 aromatic rings. The maximum Gasteiger partial charge on any atom is 0.278 e. The average molecular weight is 243 g/mol. The molecule has 0 atom stereocenters. The molecule has 0 saturated heterocycles. The summed E-state index contributed by atoms with van der Waals surface area (Å²) in [6, 6.07) is 0. The fraction of sp³-hybridized carbons (Fsp3) is 0.500. The van der Waals surface area contributed by atoms with E-state index in [4.69, 9.17) is 22.3 Å². The Morgan fingerprint density at radius 1 is 1.54 bits per heavy atom. The van der Waals surface area contributed by atoms with Crippen molar-refractivity contribution in [2.24, 2.45) is 7.05 Å². The smallest absolute Gasteiger partial charge is 0.254 e. The van der Waals surface area contributed by atoms with Crippen LogP contribution in [0.1, 0.15) is 12.5 Å². The molecule has 0 spiro atoms. The van der Waals surface area contributed by atoms with Gasteiger partial charge in [0.15, 0.2) is 10.2 Å². The van der Waals surface area contributed by atoms with E-state index in [9.17, 15) is 8.42 Å². The fourth-order valence-electron chi connectivity index (χ4n) is 1.12. The standard InChI is InChI=1S/C6H8Cl2N2O2S/c1-3-4-5(7)9-10(2)6(4)13(8,11)12/h3H2,1-2H3. The summed E-state index contributed by atoms with van der Waals surface area (Å²) in [6.45, 7) is 1.79. The molecule has 74 valence electrons. The minimum absolute atomic E-state index is 0.0262. The lowest BCUT2D eigenvalue weighted by Gasteiger charge is -1.98. The highest BCUT2D eigenvalue weighted by Gasteiger charge is 2.23. The monoisotopic (exact) mass is 242 g/mol. The Kier molecular flexibility index (Phi) is 2.89. The third kappa shape index (κ3) is 1.98. The first-order valence-corrected chi connectivity index (χ1v) is 6.22. The Morgan fingerprint density at radius 2 is 2.08 bits per heavy atom. The highest BCUT2D eigenvalue weighted by molar-refractivity contribution is 8.13. The Hall–Kier alpha value is -0.260. The van der Waals surface area contributed by atoms with Gasteiger partial charge >= 0.3 is 0 Å². The van der Waals surface area contributed by atoms with Crippen LogP contribution >= 0.6 is 22.3 Å². The second-order valence-corrected chi connectivity index (χ2v) is 5.33. The number of halogens is 2. The third-order valence-corrected chi connectivity index (χ3v) is 3.34. The lowest BCUT2D eigenvalue weighted by Crippen LogP contribution is -2.03. The Labute approximate surface area is 85.9 Å². The number of rotatable bonds is 2. The summed E-state index contributed by atoms with van der Waals surface area (Å²) in [7, 11) is 2.93. The molecule has 0 N–H and O–H groups in total. The van der Waals surface area contributed by atoms with Crippen molar-refractivity contribution >= 4 is 31.3 Å². The van der Waals surface area contributed by atoms with Crippen LogP contribution in [0.4, 0.5) is 0 Å². The number of aryl methyl sites for hydroxylation is 1. The van der Waals surface area contributed by atoms with Crippen LogP contribution < -0.4 is 0 Å². The summed E-state index contributed by atoms with van der Waals surface area (Å²) < 4.78 is 23.4. The van der Waals surface area contributed by atoms with Gasteiger partial charge < -0.3 is 0 Å². The van der Waals surface area contributed by atoms with Gasteiger partial charge in [-0.25, -0.2) is 8.42 Å². The van der Waals surface area contributed by atoms with Crippen LogP contribution in [0.5, 0.6) is 0 Å². The van der Waals surface area contributed by atoms with Crippen molar-refractivity contribution < 1.29 is 8.42 Å². The second kappa shape index (κ2) is 3.48. The van der Waals surface area contributed by atoms with Gasteiger partial charge in [-0.2, -0.15) is 5.10 Å². The third-order valence-electron chi connectivity index (χ3n) is 1.62. The molecule has 0 radical (unpaired) electrons. The molecule has 0 bridgehead atoms. The first-order chi connectivity index (χ1) is 5.88. The number of hydrogen-bond acceptors (Lipinski definition) is 3. The molecule has 13 heavy (non-hydrogen) atoms. The molecule has 0 aliphatic heterocycles. The summed E-state index contributed by atoms with van der Waals surface area (Å²) >= 11 is 5.70. The molecule has 0 aliphatic carbocycles. The predicted molar refractivity (Wildman–Crippen MR) is 50.6 cm³/mol. The van der Waals surface area contributed by atoms with Gasteiger partial charge in [0, 0.05) is 23.3 Å². The van der Waals surface area contributed by atoms with Gasteiger partial charge in [-0.1, -0.05) is 18.5 Å². The molecule has 0 unspecified atom stereocenters. The molecule has 7 heteroatoms. The van der Waals surface area contributed by atoms with Crippen molar-refractivity contribution in [2.75, 3.05) is 0 Å². The van der Waals surface area contributed by atoms with Crippen LogP contribution in [0, 0.1) is 0 Å². The van der Waals surface area contributed by atoms with E-state index in [0.29, 0.717) is 12.0 Å². The maximum absolute atomic E-state index is 11.1. The normalized spacial score (nSPS) is 12.0. The molecule has 0 amide bonds. The zero-order chi connectivity index (χ0) is 10.2. The minimum atomic E-state index is -3.77. The SMILES string of the molecule is CCc1c(Cl)nn(C)c1S(=O)(=O)Cl. The van der Waals surface area contributed by atoms with Gasteiger partial charge in [-0.15, -0.1) is 0 Å². The van der Waals surface area contributed by atoms with Crippen LogP contribution in [0.15, 0.2) is 5.03 Å². The van der Waals surface area contributed by atoms with Crippen molar-refractivity contribution in [2.45, 2.75) is 18.4 Å². The second-order valence-electron chi connectivity index (χ2n) is 2.49. The predicted octanol–water partition coefficient (Wildman–Crippen LogP) is 1.56. The van der Waals surface area contributed by atoms with Crippen LogP contribution in [-0.2, 0) is 22.5 Å². The van der Waals surface area contributed by atoms with E-state index in [1.54, 1.807) is 6.92 Å². The number of aromatic nitrogens is 2. The largest absolute Gasteiger partial charge is 0.278 e. The van der Waals surface area contributed by atoms with Crippen molar-refractivity contribution in [3.8, 4) is 0 Å². The van der Waals surface area contributed by atoms with Crippen molar-refractivity contribution in [3.05, 3.63) is 10.7 Å². The minimum Gasteiger partial charge on any atom is -0.254 e. The molecule has 0 fully saturated rings. The fourth-order valence-corrected chi connectivity index (χ4v) is 2.99. The highest BCUT2D eigenvalue weighted by atomic mass is 35.7. The van der Waals surface area contributed by atoms with Crippen LogP contribution in [-0.4, -0.2) is 18.2 Å². The molecule has 0 saturated carbocycles. The highest BCUT2D eigenvalue weighted by Crippen LogP contribution is 2.25. The maximum atomic E-state index is 11.1. The van der Waals surface area contributed by atoms with Crippen molar-refractivity contribution in [1.82, 2.24) is 9.78 Å². The quantitative estimate of drug-likeness (QED) is 0.740. The zero-order valence-electron chi connectivity index (χ0n) is 7.08. The Balaban J connectivity index is 3.52. The lowest BCUT2D eigenvalue weighted by molar-refractivity contribution is 0.588. The molecular formula is C6H8Cl2N2O2S. The molecule has 0 aliphatic rings. The molecule has 1 heterocycles. The Bertz CT molecular complexity index is 424. The van der Waals surface area contributed by atoms with E-state index in [0.717, 1.165) is 0 Å². The first kappa shape index (κ1) is 10.8. The first-order valence-electron chi connectivity index (χ1n) is 3.54. The van der Waals surface area contributed by atoms with Crippen molar-refractivity contribution in [3.63, 3.8) is 0 Å². The van der Waals surface area contributed by atoms with Gasteiger partial charge in [0.2, 0.25) is 0 Å². The van der Waals surface area contributed by atoms with E-state index in [-0.39, 0.29) is 10.2 Å². The van der Waals surface area contributed by atoms with Gasteiger partial charge in [0.05, 0.1) is 0 Å². The van der Waals surface area contributed by atoms with E-state index >= 15 is 0 Å². The van der Waals surface area contributed by atoms with Gasteiger partial charge in [-0.05, 0) is 6.42 Å². The van der Waals surface area contributed by atoms with Crippen LogP contribution in [0.2, 0.25) is 5.15 Å². The topological polar surface area (TPSA) is 52.0 Å². The Morgan fingerprint density at radius 3 is 2.38 bits per heavy atom. The van der Waals surface area contributed by atoms with Gasteiger partial charge in [0.25, 0.3) is 9.05 Å². The molecule has 4 nitrogen and oxygen atoms in total. The van der Waals surface area contributed by atoms with Gasteiger partial charge in [0.1, 0.15) is 0 Å². The number of nitrogens with zero attached hydrogens (tertiary/aromatic N) is 2. The number of hydrogen-bond donors (Lipinski definition) is 0.